The topological polar surface area (TPSA) is 52.0 Å². The van der Waals surface area contributed by atoms with E-state index in [1.165, 1.54) is 6.92 Å². The summed E-state index contributed by atoms with van der Waals surface area (Å²) in [6.45, 7) is 7.75. The number of nitrogens with zero attached hydrogens (tertiary/aromatic N) is 2. The van der Waals surface area contributed by atoms with Gasteiger partial charge in [0.05, 0.1) is 5.39 Å². The van der Waals surface area contributed by atoms with Crippen LogP contribution in [-0.4, -0.2) is 15.3 Å². The molecule has 0 N–H and O–H groups in total. The van der Waals surface area contributed by atoms with Crippen molar-refractivity contribution in [3.8, 4) is 11.1 Å². The van der Waals surface area contributed by atoms with Crippen LogP contribution in [0.5, 0.6) is 0 Å². The molecule has 0 spiro atoms. The van der Waals surface area contributed by atoms with Crippen molar-refractivity contribution < 1.29 is 4.79 Å². The maximum atomic E-state index is 13.2. The molecule has 136 valence electrons. The Hall–Kier alpha value is -1.98. The van der Waals surface area contributed by atoms with Crippen LogP contribution in [0.4, 0.5) is 0 Å². The standard InChI is InChI=1S/C20H21ClN2O2S/c1-5-16-17(14-6-7-15(21)11(2)10-14)18-19(26-16)22-13(4)23(20(18)25)9-8-12(3)24/h6-7,10H,5,8-9H2,1-4H3. The van der Waals surface area contributed by atoms with E-state index in [9.17, 15) is 9.59 Å². The largest absolute Gasteiger partial charge is 0.300 e. The summed E-state index contributed by atoms with van der Waals surface area (Å²) in [5.74, 6) is 0.705. The minimum Gasteiger partial charge on any atom is -0.300 e. The van der Waals surface area contributed by atoms with Crippen LogP contribution in [0.3, 0.4) is 0 Å². The summed E-state index contributed by atoms with van der Waals surface area (Å²) in [7, 11) is 0. The van der Waals surface area contributed by atoms with Gasteiger partial charge in [-0.2, -0.15) is 0 Å². The van der Waals surface area contributed by atoms with Crippen LogP contribution in [0, 0.1) is 13.8 Å². The summed E-state index contributed by atoms with van der Waals surface area (Å²) < 4.78 is 1.61. The molecule has 0 aliphatic rings. The van der Waals surface area contributed by atoms with E-state index in [0.29, 0.717) is 29.2 Å². The lowest BCUT2D eigenvalue weighted by Gasteiger charge is -2.10. The Balaban J connectivity index is 2.30. The predicted molar refractivity (Wildman–Crippen MR) is 108 cm³/mol. The van der Waals surface area contributed by atoms with Gasteiger partial charge in [-0.1, -0.05) is 24.6 Å². The minimum atomic E-state index is -0.0766. The zero-order valence-electron chi connectivity index (χ0n) is 15.4. The smallest absolute Gasteiger partial charge is 0.262 e. The van der Waals surface area contributed by atoms with Gasteiger partial charge in [-0.25, -0.2) is 4.98 Å². The zero-order chi connectivity index (χ0) is 19.0. The molecular weight excluding hydrogens is 368 g/mol. The summed E-state index contributed by atoms with van der Waals surface area (Å²) in [5, 5.41) is 1.35. The van der Waals surface area contributed by atoms with Crippen molar-refractivity contribution in [2.45, 2.75) is 47.1 Å². The number of aryl methyl sites for hydroxylation is 3. The fourth-order valence-corrected chi connectivity index (χ4v) is 4.40. The average molecular weight is 389 g/mol. The first-order valence-electron chi connectivity index (χ1n) is 8.62. The Bertz CT molecular complexity index is 1070. The molecule has 0 atom stereocenters. The summed E-state index contributed by atoms with van der Waals surface area (Å²) >= 11 is 7.74. The lowest BCUT2D eigenvalue weighted by molar-refractivity contribution is -0.117. The van der Waals surface area contributed by atoms with Crippen molar-refractivity contribution in [2.24, 2.45) is 0 Å². The van der Waals surface area contributed by atoms with Crippen LogP contribution in [-0.2, 0) is 17.8 Å². The van der Waals surface area contributed by atoms with Crippen LogP contribution in [0.25, 0.3) is 21.3 Å². The third-order valence-electron chi connectivity index (χ3n) is 4.53. The van der Waals surface area contributed by atoms with Crippen LogP contribution < -0.4 is 5.56 Å². The molecule has 3 aromatic rings. The minimum absolute atomic E-state index is 0.0597. The van der Waals surface area contributed by atoms with E-state index in [4.69, 9.17) is 11.6 Å². The van der Waals surface area contributed by atoms with Crippen molar-refractivity contribution in [3.05, 3.63) is 49.8 Å². The lowest BCUT2D eigenvalue weighted by atomic mass is 10.0. The summed E-state index contributed by atoms with van der Waals surface area (Å²) in [6, 6.07) is 5.84. The van der Waals surface area contributed by atoms with E-state index < -0.39 is 0 Å². The van der Waals surface area contributed by atoms with Gasteiger partial charge in [0.15, 0.2) is 0 Å². The monoisotopic (exact) mass is 388 g/mol. The first-order chi connectivity index (χ1) is 12.3. The third-order valence-corrected chi connectivity index (χ3v) is 6.18. The number of carbonyl (C=O) groups is 1. The molecule has 0 radical (unpaired) electrons. The SMILES string of the molecule is CCc1sc2nc(C)n(CCC(C)=O)c(=O)c2c1-c1ccc(Cl)c(C)c1. The number of thiophene rings is 1. The van der Waals surface area contributed by atoms with E-state index in [2.05, 4.69) is 11.9 Å². The van der Waals surface area contributed by atoms with Crippen molar-refractivity contribution in [1.82, 2.24) is 9.55 Å². The first kappa shape index (κ1) is 18.8. The van der Waals surface area contributed by atoms with Crippen molar-refractivity contribution >= 4 is 38.9 Å². The number of hydrogen-bond acceptors (Lipinski definition) is 4. The molecule has 0 saturated carbocycles. The fourth-order valence-electron chi connectivity index (χ4n) is 3.12. The fraction of sp³-hybridized carbons (Fsp3) is 0.350. The molecule has 0 saturated heterocycles. The summed E-state index contributed by atoms with van der Waals surface area (Å²) in [6.07, 6.45) is 1.15. The molecule has 26 heavy (non-hydrogen) atoms. The maximum absolute atomic E-state index is 13.2. The second kappa shape index (κ2) is 7.33. The van der Waals surface area contributed by atoms with Crippen molar-refractivity contribution in [1.29, 1.82) is 0 Å². The van der Waals surface area contributed by atoms with E-state index in [0.717, 1.165) is 32.8 Å². The second-order valence-corrected chi connectivity index (χ2v) is 7.96. The van der Waals surface area contributed by atoms with Gasteiger partial charge in [0.25, 0.3) is 5.56 Å². The number of fused-ring (bicyclic) bond motifs is 1. The molecule has 4 nitrogen and oxygen atoms in total. The highest BCUT2D eigenvalue weighted by atomic mass is 35.5. The van der Waals surface area contributed by atoms with Gasteiger partial charge >= 0.3 is 0 Å². The quantitative estimate of drug-likeness (QED) is 0.622. The molecule has 0 amide bonds. The van der Waals surface area contributed by atoms with Gasteiger partial charge in [0, 0.05) is 28.4 Å². The van der Waals surface area contributed by atoms with Gasteiger partial charge < -0.3 is 0 Å². The second-order valence-electron chi connectivity index (χ2n) is 6.47. The van der Waals surface area contributed by atoms with E-state index in [1.54, 1.807) is 15.9 Å². The van der Waals surface area contributed by atoms with Gasteiger partial charge in [-0.3, -0.25) is 14.2 Å². The summed E-state index contributed by atoms with van der Waals surface area (Å²) in [4.78, 5) is 31.1. The van der Waals surface area contributed by atoms with Gasteiger partial charge in [-0.05, 0) is 50.5 Å². The molecule has 1 aromatic carbocycles. The number of benzene rings is 1. The van der Waals surface area contributed by atoms with Crippen LogP contribution in [0.1, 0.15) is 36.5 Å². The Labute approximate surface area is 161 Å². The molecule has 0 aliphatic carbocycles. The number of aromatic nitrogens is 2. The number of carbonyl (C=O) groups excluding carboxylic acids is 1. The highest BCUT2D eigenvalue weighted by Gasteiger charge is 2.20. The third kappa shape index (κ3) is 3.33. The Morgan fingerprint density at radius 2 is 2.04 bits per heavy atom. The molecule has 2 aromatic heterocycles. The first-order valence-corrected chi connectivity index (χ1v) is 9.81. The number of ketones is 1. The Kier molecular flexibility index (Phi) is 5.30. The number of Topliss-reactive ketones (excluding diaryl/α,β-unsaturated/α-hetero) is 1. The van der Waals surface area contributed by atoms with Crippen molar-refractivity contribution in [3.63, 3.8) is 0 Å². The molecule has 0 fully saturated rings. The average Bonchev–Trinajstić information content (AvgIpc) is 2.95. The van der Waals surface area contributed by atoms with E-state index >= 15 is 0 Å². The van der Waals surface area contributed by atoms with Crippen LogP contribution in [0.2, 0.25) is 5.02 Å². The lowest BCUT2D eigenvalue weighted by Crippen LogP contribution is -2.24. The normalized spacial score (nSPS) is 11.3. The highest BCUT2D eigenvalue weighted by Crippen LogP contribution is 2.37. The van der Waals surface area contributed by atoms with E-state index in [-0.39, 0.29) is 11.3 Å². The van der Waals surface area contributed by atoms with Crippen LogP contribution >= 0.6 is 22.9 Å². The highest BCUT2D eigenvalue weighted by molar-refractivity contribution is 7.19. The maximum Gasteiger partial charge on any atom is 0.262 e. The van der Waals surface area contributed by atoms with Gasteiger partial charge in [0.2, 0.25) is 0 Å². The number of halogens is 1. The van der Waals surface area contributed by atoms with Crippen molar-refractivity contribution in [2.75, 3.05) is 0 Å². The van der Waals surface area contributed by atoms with Crippen LogP contribution in [0.15, 0.2) is 23.0 Å². The van der Waals surface area contributed by atoms with E-state index in [1.807, 2.05) is 32.0 Å². The Morgan fingerprint density at radius 1 is 1.31 bits per heavy atom. The molecule has 0 unspecified atom stereocenters. The number of rotatable bonds is 5. The zero-order valence-corrected chi connectivity index (χ0v) is 16.9. The number of hydrogen-bond donors (Lipinski definition) is 0. The molecule has 3 rings (SSSR count). The van der Waals surface area contributed by atoms with Gasteiger partial charge in [-0.15, -0.1) is 11.3 Å². The Morgan fingerprint density at radius 3 is 2.65 bits per heavy atom. The predicted octanol–water partition coefficient (Wildman–Crippen LogP) is 4.94. The molecule has 2 heterocycles. The molecule has 6 heteroatoms. The van der Waals surface area contributed by atoms with Gasteiger partial charge in [0.1, 0.15) is 16.4 Å². The molecule has 0 bridgehead atoms. The summed E-state index contributed by atoms with van der Waals surface area (Å²) in [5.41, 5.74) is 2.83. The molecule has 0 aliphatic heterocycles. The molecular formula is C20H21ClN2O2S.